The van der Waals surface area contributed by atoms with Crippen LogP contribution < -0.4 is 9.47 Å². The van der Waals surface area contributed by atoms with Crippen molar-refractivity contribution >= 4 is 11.6 Å². The third-order valence-corrected chi connectivity index (χ3v) is 4.26. The van der Waals surface area contributed by atoms with Gasteiger partial charge in [0, 0.05) is 19.2 Å². The van der Waals surface area contributed by atoms with Gasteiger partial charge < -0.3 is 14.4 Å². The highest BCUT2D eigenvalue weighted by Gasteiger charge is 2.19. The molecule has 7 nitrogen and oxygen atoms in total. The molecule has 0 fully saturated rings. The van der Waals surface area contributed by atoms with E-state index in [1.165, 1.54) is 12.1 Å². The van der Waals surface area contributed by atoms with Gasteiger partial charge in [0.25, 0.3) is 5.69 Å². The van der Waals surface area contributed by atoms with Crippen molar-refractivity contribution in [3.8, 4) is 11.5 Å². The zero-order valence-corrected chi connectivity index (χ0v) is 15.8. The highest BCUT2D eigenvalue weighted by atomic mass is 16.6. The molecule has 0 radical (unpaired) electrons. The van der Waals surface area contributed by atoms with Crippen LogP contribution in [0.25, 0.3) is 0 Å². The van der Waals surface area contributed by atoms with E-state index in [1.807, 2.05) is 26.0 Å². The van der Waals surface area contributed by atoms with E-state index < -0.39 is 4.92 Å². The summed E-state index contributed by atoms with van der Waals surface area (Å²) >= 11 is 0. The lowest BCUT2D eigenvalue weighted by Crippen LogP contribution is -2.30. The van der Waals surface area contributed by atoms with Crippen LogP contribution in [0.15, 0.2) is 48.5 Å². The molecule has 0 aliphatic heterocycles. The maximum absolute atomic E-state index is 12.4. The van der Waals surface area contributed by atoms with Crippen molar-refractivity contribution in [2.45, 2.75) is 26.3 Å². The number of hydrogen-bond donors (Lipinski definition) is 0. The second kappa shape index (κ2) is 9.56. The van der Waals surface area contributed by atoms with Crippen molar-refractivity contribution in [3.63, 3.8) is 0 Å². The van der Waals surface area contributed by atoms with Gasteiger partial charge in [0.15, 0.2) is 0 Å². The third-order valence-electron chi connectivity index (χ3n) is 4.26. The van der Waals surface area contributed by atoms with Crippen LogP contribution in [0.3, 0.4) is 0 Å². The summed E-state index contributed by atoms with van der Waals surface area (Å²) in [7, 11) is 1.68. The molecule has 7 heteroatoms. The lowest BCUT2D eigenvalue weighted by molar-refractivity contribution is -0.384. The number of nitro benzene ring substituents is 1. The van der Waals surface area contributed by atoms with Crippen LogP contribution in [0.4, 0.5) is 5.69 Å². The number of nitro groups is 1. The first kappa shape index (κ1) is 20.2. The van der Waals surface area contributed by atoms with Gasteiger partial charge in [-0.15, -0.1) is 0 Å². The van der Waals surface area contributed by atoms with Crippen LogP contribution in [0, 0.1) is 10.1 Å². The molecule has 1 atom stereocenters. The maximum Gasteiger partial charge on any atom is 0.269 e. The minimum atomic E-state index is -0.442. The van der Waals surface area contributed by atoms with Crippen molar-refractivity contribution in [1.82, 2.24) is 4.90 Å². The fourth-order valence-corrected chi connectivity index (χ4v) is 2.57. The Hall–Kier alpha value is -3.09. The van der Waals surface area contributed by atoms with Gasteiger partial charge in [-0.1, -0.05) is 12.1 Å². The lowest BCUT2D eigenvalue weighted by Gasteiger charge is -2.25. The number of nitrogens with zero attached hydrogens (tertiary/aromatic N) is 2. The van der Waals surface area contributed by atoms with E-state index in [9.17, 15) is 14.9 Å². The predicted molar refractivity (Wildman–Crippen MR) is 102 cm³/mol. The number of amides is 1. The molecule has 27 heavy (non-hydrogen) atoms. The Balaban J connectivity index is 1.87. The summed E-state index contributed by atoms with van der Waals surface area (Å²) in [5.74, 6) is 1.34. The number of non-ortho nitro benzene ring substituents is 1. The molecule has 0 saturated carbocycles. The molecule has 144 valence electrons. The van der Waals surface area contributed by atoms with Crippen molar-refractivity contribution in [3.05, 3.63) is 64.2 Å². The summed E-state index contributed by atoms with van der Waals surface area (Å²) < 4.78 is 11.0. The number of benzene rings is 2. The Labute approximate surface area is 158 Å². The minimum absolute atomic E-state index is 0.0130. The Bertz CT molecular complexity index is 776. The molecule has 0 spiro atoms. The monoisotopic (exact) mass is 372 g/mol. The summed E-state index contributed by atoms with van der Waals surface area (Å²) in [6.45, 7) is 4.61. The summed E-state index contributed by atoms with van der Waals surface area (Å²) in [6.07, 6.45) is 0.211. The maximum atomic E-state index is 12.4. The minimum Gasteiger partial charge on any atom is -0.494 e. The molecule has 1 amide bonds. The van der Waals surface area contributed by atoms with Gasteiger partial charge in [-0.05, 0) is 43.7 Å². The largest absolute Gasteiger partial charge is 0.494 e. The molecule has 0 bridgehead atoms. The molecule has 0 aromatic heterocycles. The molecule has 0 heterocycles. The number of carbonyl (C=O) groups is 1. The first-order chi connectivity index (χ1) is 12.9. The van der Waals surface area contributed by atoms with Crippen LogP contribution >= 0.6 is 0 Å². The SMILES string of the molecule is CCOc1ccc(OCCC(=O)N(C)[C@H](C)c2cccc([N+](=O)[O-])c2)cc1. The van der Waals surface area contributed by atoms with Crippen molar-refractivity contribution < 1.29 is 19.2 Å². The van der Waals surface area contributed by atoms with Gasteiger partial charge in [-0.25, -0.2) is 0 Å². The summed E-state index contributed by atoms with van der Waals surface area (Å²) in [4.78, 5) is 24.4. The smallest absolute Gasteiger partial charge is 0.269 e. The molecular formula is C20H24N2O5. The number of hydrogen-bond acceptors (Lipinski definition) is 5. The van der Waals surface area contributed by atoms with E-state index in [-0.39, 0.29) is 30.7 Å². The quantitative estimate of drug-likeness (QED) is 0.491. The van der Waals surface area contributed by atoms with Crippen LogP contribution in [-0.4, -0.2) is 36.0 Å². The molecule has 0 N–H and O–H groups in total. The predicted octanol–water partition coefficient (Wildman–Crippen LogP) is 3.98. The van der Waals surface area contributed by atoms with Crippen LogP contribution in [0.5, 0.6) is 11.5 Å². The van der Waals surface area contributed by atoms with Crippen molar-refractivity contribution in [1.29, 1.82) is 0 Å². The van der Waals surface area contributed by atoms with Crippen LogP contribution in [0.2, 0.25) is 0 Å². The molecule has 0 aliphatic rings. The standard InChI is InChI=1S/C20H24N2O5/c1-4-26-18-8-10-19(11-9-18)27-13-12-20(23)21(3)15(2)16-6-5-7-17(14-16)22(24)25/h5-11,14-15H,4,12-13H2,1-3H3/t15-/m1/s1. The normalized spacial score (nSPS) is 11.5. The van der Waals surface area contributed by atoms with Gasteiger partial charge in [0.05, 0.1) is 30.6 Å². The third kappa shape index (κ3) is 5.70. The summed E-state index contributed by atoms with van der Waals surface area (Å²) in [5, 5.41) is 10.9. The number of rotatable bonds is 9. The second-order valence-electron chi connectivity index (χ2n) is 6.04. The fourth-order valence-electron chi connectivity index (χ4n) is 2.57. The highest BCUT2D eigenvalue weighted by molar-refractivity contribution is 5.76. The first-order valence-corrected chi connectivity index (χ1v) is 8.78. The summed E-state index contributed by atoms with van der Waals surface area (Å²) in [6, 6.07) is 13.3. The average Bonchev–Trinajstić information content (AvgIpc) is 2.68. The molecule has 0 aliphatic carbocycles. The van der Waals surface area contributed by atoms with Gasteiger partial charge in [-0.2, -0.15) is 0 Å². The van der Waals surface area contributed by atoms with E-state index >= 15 is 0 Å². The molecular weight excluding hydrogens is 348 g/mol. The van der Waals surface area contributed by atoms with E-state index in [2.05, 4.69) is 0 Å². The van der Waals surface area contributed by atoms with Gasteiger partial charge in [0.2, 0.25) is 5.91 Å². The Morgan fingerprint density at radius 3 is 2.37 bits per heavy atom. The van der Waals surface area contributed by atoms with Crippen molar-refractivity contribution in [2.75, 3.05) is 20.3 Å². The zero-order chi connectivity index (χ0) is 19.8. The Morgan fingerprint density at radius 1 is 1.15 bits per heavy atom. The van der Waals surface area contributed by atoms with Gasteiger partial charge >= 0.3 is 0 Å². The topological polar surface area (TPSA) is 81.9 Å². The van der Waals surface area contributed by atoms with E-state index in [1.54, 1.807) is 36.2 Å². The molecule has 2 aromatic carbocycles. The molecule has 2 rings (SSSR count). The van der Waals surface area contributed by atoms with Crippen LogP contribution in [-0.2, 0) is 4.79 Å². The molecule has 0 saturated heterocycles. The van der Waals surface area contributed by atoms with E-state index in [0.29, 0.717) is 17.9 Å². The zero-order valence-electron chi connectivity index (χ0n) is 15.8. The van der Waals surface area contributed by atoms with Crippen LogP contribution in [0.1, 0.15) is 31.9 Å². The number of ether oxygens (including phenoxy) is 2. The Kier molecular flexibility index (Phi) is 7.16. The lowest BCUT2D eigenvalue weighted by atomic mass is 10.1. The first-order valence-electron chi connectivity index (χ1n) is 8.78. The van der Waals surface area contributed by atoms with E-state index in [0.717, 1.165) is 5.75 Å². The second-order valence-corrected chi connectivity index (χ2v) is 6.04. The number of carbonyl (C=O) groups excluding carboxylic acids is 1. The Morgan fingerprint density at radius 2 is 1.78 bits per heavy atom. The van der Waals surface area contributed by atoms with Gasteiger partial charge in [-0.3, -0.25) is 14.9 Å². The summed E-state index contributed by atoms with van der Waals surface area (Å²) in [5.41, 5.74) is 0.728. The molecule has 0 unspecified atom stereocenters. The molecule has 2 aromatic rings. The van der Waals surface area contributed by atoms with E-state index in [4.69, 9.17) is 9.47 Å². The fraction of sp³-hybridized carbons (Fsp3) is 0.350. The average molecular weight is 372 g/mol. The van der Waals surface area contributed by atoms with Gasteiger partial charge in [0.1, 0.15) is 11.5 Å². The highest BCUT2D eigenvalue weighted by Crippen LogP contribution is 2.23. The van der Waals surface area contributed by atoms with Crippen molar-refractivity contribution in [2.24, 2.45) is 0 Å².